The Morgan fingerprint density at radius 1 is 1.47 bits per heavy atom. The zero-order valence-corrected chi connectivity index (χ0v) is 11.6. The highest BCUT2D eigenvalue weighted by molar-refractivity contribution is 9.10. The van der Waals surface area contributed by atoms with E-state index >= 15 is 0 Å². The van der Waals surface area contributed by atoms with E-state index in [-0.39, 0.29) is 5.97 Å². The summed E-state index contributed by atoms with van der Waals surface area (Å²) in [6.07, 6.45) is 1.87. The van der Waals surface area contributed by atoms with E-state index in [1.54, 1.807) is 0 Å². The molecule has 4 heteroatoms. The maximum atomic E-state index is 11.6. The zero-order valence-electron chi connectivity index (χ0n) is 8.43. The fourth-order valence-electron chi connectivity index (χ4n) is 1.37. The molecular formula is C11H12Br2O2. The Bertz CT molecular complexity index is 350. The number of methoxy groups -OCH3 is 1. The summed E-state index contributed by atoms with van der Waals surface area (Å²) in [6.45, 7) is 0. The fraction of sp³-hybridized carbons (Fsp3) is 0.364. The van der Waals surface area contributed by atoms with Gasteiger partial charge < -0.3 is 4.74 Å². The molecule has 15 heavy (non-hydrogen) atoms. The van der Waals surface area contributed by atoms with E-state index in [0.717, 1.165) is 28.2 Å². The molecule has 0 aromatic heterocycles. The lowest BCUT2D eigenvalue weighted by atomic mass is 10.0. The van der Waals surface area contributed by atoms with Crippen LogP contribution in [0.3, 0.4) is 0 Å². The molecule has 0 unspecified atom stereocenters. The molecule has 0 saturated carbocycles. The van der Waals surface area contributed by atoms with Crippen molar-refractivity contribution < 1.29 is 9.53 Å². The SMILES string of the molecule is COC(=O)c1c(Br)cccc1CCCBr. The lowest BCUT2D eigenvalue weighted by molar-refractivity contribution is 0.0598. The second-order valence-corrected chi connectivity index (χ2v) is 4.71. The summed E-state index contributed by atoms with van der Waals surface area (Å²) >= 11 is 6.74. The van der Waals surface area contributed by atoms with Crippen molar-refractivity contribution >= 4 is 37.8 Å². The first-order chi connectivity index (χ1) is 7.20. The molecule has 0 fully saturated rings. The van der Waals surface area contributed by atoms with Crippen molar-refractivity contribution in [2.45, 2.75) is 12.8 Å². The van der Waals surface area contributed by atoms with Gasteiger partial charge in [0.25, 0.3) is 0 Å². The summed E-state index contributed by atoms with van der Waals surface area (Å²) < 4.78 is 5.55. The minimum Gasteiger partial charge on any atom is -0.465 e. The van der Waals surface area contributed by atoms with Crippen molar-refractivity contribution in [3.63, 3.8) is 0 Å². The molecule has 2 nitrogen and oxygen atoms in total. The van der Waals surface area contributed by atoms with Crippen LogP contribution >= 0.6 is 31.9 Å². The summed E-state index contributed by atoms with van der Waals surface area (Å²) in [4.78, 5) is 11.6. The van der Waals surface area contributed by atoms with Gasteiger partial charge in [-0.15, -0.1) is 0 Å². The molecule has 1 aromatic rings. The van der Waals surface area contributed by atoms with Crippen LogP contribution < -0.4 is 0 Å². The normalized spacial score (nSPS) is 10.1. The maximum absolute atomic E-state index is 11.6. The molecule has 0 amide bonds. The van der Waals surface area contributed by atoms with E-state index in [2.05, 4.69) is 31.9 Å². The molecule has 0 saturated heterocycles. The van der Waals surface area contributed by atoms with Gasteiger partial charge in [0.2, 0.25) is 0 Å². The molecule has 82 valence electrons. The number of esters is 1. The molecule has 0 aliphatic rings. The molecule has 0 radical (unpaired) electrons. The molecule has 0 aliphatic heterocycles. The maximum Gasteiger partial charge on any atom is 0.339 e. The summed E-state index contributed by atoms with van der Waals surface area (Å²) in [5.74, 6) is -0.285. The summed E-state index contributed by atoms with van der Waals surface area (Å²) in [5, 5.41) is 0.931. The van der Waals surface area contributed by atoms with Crippen molar-refractivity contribution in [3.8, 4) is 0 Å². The van der Waals surface area contributed by atoms with Crippen molar-refractivity contribution in [1.82, 2.24) is 0 Å². The van der Waals surface area contributed by atoms with Crippen LogP contribution in [-0.2, 0) is 11.2 Å². The topological polar surface area (TPSA) is 26.3 Å². The van der Waals surface area contributed by atoms with Gasteiger partial charge in [-0.05, 0) is 40.4 Å². The predicted octanol–water partition coefficient (Wildman–Crippen LogP) is 3.56. The zero-order chi connectivity index (χ0) is 11.3. The van der Waals surface area contributed by atoms with Gasteiger partial charge in [-0.3, -0.25) is 0 Å². The van der Waals surface area contributed by atoms with Gasteiger partial charge >= 0.3 is 5.97 Å². The summed E-state index contributed by atoms with van der Waals surface area (Å²) in [6, 6.07) is 5.74. The highest BCUT2D eigenvalue weighted by Crippen LogP contribution is 2.22. The van der Waals surface area contributed by atoms with Crippen molar-refractivity contribution in [3.05, 3.63) is 33.8 Å². The third kappa shape index (κ3) is 3.31. The molecule has 0 bridgehead atoms. The Labute approximate surface area is 106 Å². The predicted molar refractivity (Wildman–Crippen MR) is 67.6 cm³/mol. The van der Waals surface area contributed by atoms with E-state index < -0.39 is 0 Å². The van der Waals surface area contributed by atoms with E-state index in [9.17, 15) is 4.79 Å². The van der Waals surface area contributed by atoms with Gasteiger partial charge in [0.1, 0.15) is 0 Å². The lowest BCUT2D eigenvalue weighted by Gasteiger charge is -2.08. The third-order valence-corrected chi connectivity index (χ3v) is 3.29. The quantitative estimate of drug-likeness (QED) is 0.621. The monoisotopic (exact) mass is 334 g/mol. The highest BCUT2D eigenvalue weighted by atomic mass is 79.9. The smallest absolute Gasteiger partial charge is 0.339 e. The standard InChI is InChI=1S/C11H12Br2O2/c1-15-11(14)10-8(5-3-7-12)4-2-6-9(10)13/h2,4,6H,3,5,7H2,1H3. The van der Waals surface area contributed by atoms with E-state index in [1.807, 2.05) is 18.2 Å². The van der Waals surface area contributed by atoms with Gasteiger partial charge in [-0.2, -0.15) is 0 Å². The largest absolute Gasteiger partial charge is 0.465 e. The number of halogens is 2. The number of ether oxygens (including phenoxy) is 1. The van der Waals surface area contributed by atoms with E-state index in [1.165, 1.54) is 7.11 Å². The number of aryl methyl sites for hydroxylation is 1. The Kier molecular flexibility index (Phi) is 5.32. The van der Waals surface area contributed by atoms with Crippen LogP contribution in [0.25, 0.3) is 0 Å². The second kappa shape index (κ2) is 6.28. The number of benzene rings is 1. The summed E-state index contributed by atoms with van der Waals surface area (Å²) in [7, 11) is 1.40. The second-order valence-electron chi connectivity index (χ2n) is 3.06. The van der Waals surface area contributed by atoms with Crippen LogP contribution in [0.5, 0.6) is 0 Å². The van der Waals surface area contributed by atoms with Crippen molar-refractivity contribution in [1.29, 1.82) is 0 Å². The van der Waals surface area contributed by atoms with E-state index in [4.69, 9.17) is 4.74 Å². The Hall–Kier alpha value is -0.350. The van der Waals surface area contributed by atoms with Gasteiger partial charge in [0.05, 0.1) is 12.7 Å². The number of rotatable bonds is 4. The molecule has 0 spiro atoms. The first-order valence-electron chi connectivity index (χ1n) is 4.62. The van der Waals surface area contributed by atoms with Crippen molar-refractivity contribution in [2.75, 3.05) is 12.4 Å². The summed E-state index contributed by atoms with van der Waals surface area (Å²) in [5.41, 5.74) is 1.66. The molecule has 1 rings (SSSR count). The van der Waals surface area contributed by atoms with Gasteiger partial charge in [0, 0.05) is 9.80 Å². The number of alkyl halides is 1. The average molecular weight is 336 g/mol. The van der Waals surface area contributed by atoms with Crippen LogP contribution in [0.2, 0.25) is 0 Å². The first-order valence-corrected chi connectivity index (χ1v) is 6.53. The van der Waals surface area contributed by atoms with Crippen molar-refractivity contribution in [2.24, 2.45) is 0 Å². The molecule has 0 atom stereocenters. The van der Waals surface area contributed by atoms with Crippen LogP contribution in [0.4, 0.5) is 0 Å². The molecule has 0 heterocycles. The molecule has 0 aliphatic carbocycles. The third-order valence-electron chi connectivity index (χ3n) is 2.07. The Morgan fingerprint density at radius 2 is 2.20 bits per heavy atom. The van der Waals surface area contributed by atoms with E-state index in [0.29, 0.717) is 5.56 Å². The first kappa shape index (κ1) is 12.7. The van der Waals surface area contributed by atoms with Crippen LogP contribution in [-0.4, -0.2) is 18.4 Å². The van der Waals surface area contributed by atoms with Gasteiger partial charge in [0.15, 0.2) is 0 Å². The fourth-order valence-corrected chi connectivity index (χ4v) is 2.21. The Morgan fingerprint density at radius 3 is 2.80 bits per heavy atom. The lowest BCUT2D eigenvalue weighted by Crippen LogP contribution is -2.07. The molecule has 0 N–H and O–H groups in total. The van der Waals surface area contributed by atoms with Gasteiger partial charge in [-0.1, -0.05) is 28.1 Å². The van der Waals surface area contributed by atoms with Crippen LogP contribution in [0.1, 0.15) is 22.3 Å². The van der Waals surface area contributed by atoms with Crippen LogP contribution in [0.15, 0.2) is 22.7 Å². The molecule has 1 aromatic carbocycles. The number of carbonyl (C=O) groups excluding carboxylic acids is 1. The Balaban J connectivity index is 3.03. The van der Waals surface area contributed by atoms with Gasteiger partial charge in [-0.25, -0.2) is 4.79 Å². The highest BCUT2D eigenvalue weighted by Gasteiger charge is 2.14. The minimum atomic E-state index is -0.285. The number of hydrogen-bond donors (Lipinski definition) is 0. The minimum absolute atomic E-state index is 0.285. The number of carbonyl (C=O) groups is 1. The molecular weight excluding hydrogens is 324 g/mol. The average Bonchev–Trinajstić information content (AvgIpc) is 2.25. The number of hydrogen-bond acceptors (Lipinski definition) is 2. The van der Waals surface area contributed by atoms with Crippen LogP contribution in [0, 0.1) is 0 Å².